The number of nitrogens with one attached hydrogen (secondary N) is 1. The highest BCUT2D eigenvalue weighted by molar-refractivity contribution is 6.34. The number of benzene rings is 3. The van der Waals surface area contributed by atoms with Gasteiger partial charge in [-0.3, -0.25) is 14.9 Å². The summed E-state index contributed by atoms with van der Waals surface area (Å²) in [6.45, 7) is 2.46. The fourth-order valence-corrected chi connectivity index (χ4v) is 2.75. The number of amides is 1. The molecule has 0 heterocycles. The van der Waals surface area contributed by atoms with E-state index >= 15 is 0 Å². The summed E-state index contributed by atoms with van der Waals surface area (Å²) in [5.74, 6) is 1.11. The minimum atomic E-state index is -0.587. The van der Waals surface area contributed by atoms with E-state index < -0.39 is 10.8 Å². The predicted octanol–water partition coefficient (Wildman–Crippen LogP) is 5.69. The molecule has 0 fully saturated rings. The molecule has 0 spiro atoms. The Morgan fingerprint density at radius 1 is 1.07 bits per heavy atom. The van der Waals surface area contributed by atoms with E-state index in [9.17, 15) is 14.9 Å². The summed E-state index contributed by atoms with van der Waals surface area (Å²) in [4.78, 5) is 23.0. The smallest absolute Gasteiger partial charge is 0.270 e. The molecule has 148 valence electrons. The van der Waals surface area contributed by atoms with Gasteiger partial charge in [-0.25, -0.2) is 0 Å². The van der Waals surface area contributed by atoms with Gasteiger partial charge < -0.3 is 14.8 Å². The van der Waals surface area contributed by atoms with E-state index in [4.69, 9.17) is 21.1 Å². The van der Waals surface area contributed by atoms with Crippen LogP contribution in [0.15, 0.2) is 66.7 Å². The van der Waals surface area contributed by atoms with Crippen LogP contribution in [0.5, 0.6) is 17.2 Å². The second-order valence-corrected chi connectivity index (χ2v) is 6.29. The molecule has 0 radical (unpaired) electrons. The van der Waals surface area contributed by atoms with E-state index in [0.717, 1.165) is 11.8 Å². The molecule has 1 amide bonds. The third kappa shape index (κ3) is 5.03. The summed E-state index contributed by atoms with van der Waals surface area (Å²) in [6.07, 6.45) is 0. The predicted molar refractivity (Wildman–Crippen MR) is 110 cm³/mol. The molecule has 8 heteroatoms. The maximum Gasteiger partial charge on any atom is 0.270 e. The third-order valence-corrected chi connectivity index (χ3v) is 4.23. The summed E-state index contributed by atoms with van der Waals surface area (Å²) in [5, 5.41) is 13.8. The molecule has 0 atom stereocenters. The van der Waals surface area contributed by atoms with Gasteiger partial charge in [0.15, 0.2) is 5.75 Å². The molecule has 0 bridgehead atoms. The van der Waals surface area contributed by atoms with Gasteiger partial charge in [-0.1, -0.05) is 23.7 Å². The topological polar surface area (TPSA) is 90.7 Å². The third-order valence-electron chi connectivity index (χ3n) is 3.90. The molecule has 0 aliphatic rings. The molecule has 0 saturated heterocycles. The molecule has 0 unspecified atom stereocenters. The van der Waals surface area contributed by atoms with Crippen molar-refractivity contribution in [2.45, 2.75) is 6.92 Å². The van der Waals surface area contributed by atoms with Crippen molar-refractivity contribution in [2.24, 2.45) is 0 Å². The molecule has 7 nitrogen and oxygen atoms in total. The van der Waals surface area contributed by atoms with E-state index in [1.807, 2.05) is 6.92 Å². The number of carbonyl (C=O) groups excluding carboxylic acids is 1. The molecule has 3 aromatic rings. The number of nitrogens with zero attached hydrogens (tertiary/aromatic N) is 1. The van der Waals surface area contributed by atoms with E-state index in [1.54, 1.807) is 48.5 Å². The van der Waals surface area contributed by atoms with Gasteiger partial charge in [0.2, 0.25) is 0 Å². The number of non-ortho nitro benzene ring substituents is 1. The number of anilines is 1. The second-order valence-electron chi connectivity index (χ2n) is 5.88. The van der Waals surface area contributed by atoms with Gasteiger partial charge in [-0.15, -0.1) is 0 Å². The number of nitro groups is 1. The number of rotatable bonds is 7. The molecule has 0 aliphatic heterocycles. The van der Waals surface area contributed by atoms with Crippen molar-refractivity contribution < 1.29 is 19.2 Å². The first-order chi connectivity index (χ1) is 14.0. The van der Waals surface area contributed by atoms with Gasteiger partial charge in [-0.05, 0) is 49.4 Å². The summed E-state index contributed by atoms with van der Waals surface area (Å²) in [7, 11) is 0. The lowest BCUT2D eigenvalue weighted by Gasteiger charge is -2.13. The zero-order valence-electron chi connectivity index (χ0n) is 15.4. The number of carbonyl (C=O) groups is 1. The second kappa shape index (κ2) is 9.07. The Morgan fingerprint density at radius 2 is 1.76 bits per heavy atom. The Balaban J connectivity index is 1.81. The lowest BCUT2D eigenvalue weighted by atomic mass is 10.1. The minimum absolute atomic E-state index is 0.00302. The SMILES string of the molecule is CCOc1ccc(Oc2ccccc2NC(=O)c2cc([N+](=O)[O-])ccc2Cl)cc1. The maximum atomic E-state index is 12.6. The van der Waals surface area contributed by atoms with Crippen molar-refractivity contribution in [1.82, 2.24) is 0 Å². The monoisotopic (exact) mass is 412 g/mol. The van der Waals surface area contributed by atoms with Crippen LogP contribution in [-0.4, -0.2) is 17.4 Å². The van der Waals surface area contributed by atoms with E-state index in [2.05, 4.69) is 5.32 Å². The minimum Gasteiger partial charge on any atom is -0.494 e. The highest BCUT2D eigenvalue weighted by atomic mass is 35.5. The Kier molecular flexibility index (Phi) is 6.31. The molecule has 0 aromatic heterocycles. The average molecular weight is 413 g/mol. The van der Waals surface area contributed by atoms with Crippen LogP contribution < -0.4 is 14.8 Å². The standard InChI is InChI=1S/C21H17ClN2O5/c1-2-28-15-8-10-16(11-9-15)29-20-6-4-3-5-19(20)23-21(25)17-13-14(24(26)27)7-12-18(17)22/h3-13H,2H2,1H3,(H,23,25). The first kappa shape index (κ1) is 20.2. The van der Waals surface area contributed by atoms with Gasteiger partial charge in [0.05, 0.1) is 27.8 Å². The molecule has 3 rings (SSSR count). The van der Waals surface area contributed by atoms with Crippen LogP contribution in [0, 0.1) is 10.1 Å². The number of ether oxygens (including phenoxy) is 2. The summed E-state index contributed by atoms with van der Waals surface area (Å²) < 4.78 is 11.3. The van der Waals surface area contributed by atoms with E-state index in [1.165, 1.54) is 12.1 Å². The quantitative estimate of drug-likeness (QED) is 0.397. The van der Waals surface area contributed by atoms with Gasteiger partial charge in [0.25, 0.3) is 11.6 Å². The van der Waals surface area contributed by atoms with Crippen molar-refractivity contribution in [3.63, 3.8) is 0 Å². The molecule has 3 aromatic carbocycles. The number of nitro benzene ring substituents is 1. The molecule has 0 aliphatic carbocycles. The summed E-state index contributed by atoms with van der Waals surface area (Å²) in [6, 6.07) is 17.6. The average Bonchev–Trinajstić information content (AvgIpc) is 2.71. The fourth-order valence-electron chi connectivity index (χ4n) is 2.55. The zero-order chi connectivity index (χ0) is 20.8. The molecule has 0 saturated carbocycles. The number of halogens is 1. The van der Waals surface area contributed by atoms with E-state index in [-0.39, 0.29) is 16.3 Å². The summed E-state index contributed by atoms with van der Waals surface area (Å²) >= 11 is 6.05. The van der Waals surface area contributed by atoms with Crippen molar-refractivity contribution in [3.05, 3.63) is 87.4 Å². The van der Waals surface area contributed by atoms with Gasteiger partial charge in [-0.2, -0.15) is 0 Å². The number of para-hydroxylation sites is 2. The highest BCUT2D eigenvalue weighted by Gasteiger charge is 2.17. The van der Waals surface area contributed by atoms with Crippen LogP contribution in [-0.2, 0) is 0 Å². The van der Waals surface area contributed by atoms with Crippen LogP contribution in [0.4, 0.5) is 11.4 Å². The van der Waals surface area contributed by atoms with Crippen LogP contribution in [0.2, 0.25) is 5.02 Å². The largest absolute Gasteiger partial charge is 0.494 e. The van der Waals surface area contributed by atoms with Crippen molar-refractivity contribution in [2.75, 3.05) is 11.9 Å². The molecular weight excluding hydrogens is 396 g/mol. The van der Waals surface area contributed by atoms with Gasteiger partial charge in [0.1, 0.15) is 11.5 Å². The zero-order valence-corrected chi connectivity index (χ0v) is 16.2. The van der Waals surface area contributed by atoms with Gasteiger partial charge in [0, 0.05) is 12.1 Å². The Labute approximate surface area is 172 Å². The fraction of sp³-hybridized carbons (Fsp3) is 0.0952. The lowest BCUT2D eigenvalue weighted by Crippen LogP contribution is -2.13. The van der Waals surface area contributed by atoms with Crippen molar-refractivity contribution >= 4 is 28.9 Å². The summed E-state index contributed by atoms with van der Waals surface area (Å²) in [5.41, 5.74) is 0.171. The highest BCUT2D eigenvalue weighted by Crippen LogP contribution is 2.31. The van der Waals surface area contributed by atoms with E-state index in [0.29, 0.717) is 23.8 Å². The first-order valence-corrected chi connectivity index (χ1v) is 9.10. The normalized spacial score (nSPS) is 10.3. The number of hydrogen-bond acceptors (Lipinski definition) is 5. The van der Waals surface area contributed by atoms with Crippen LogP contribution in [0.3, 0.4) is 0 Å². The van der Waals surface area contributed by atoms with Gasteiger partial charge >= 0.3 is 0 Å². The number of hydrogen-bond donors (Lipinski definition) is 1. The van der Waals surface area contributed by atoms with Crippen LogP contribution in [0.25, 0.3) is 0 Å². The van der Waals surface area contributed by atoms with Crippen molar-refractivity contribution in [1.29, 1.82) is 0 Å². The first-order valence-electron chi connectivity index (χ1n) is 8.73. The van der Waals surface area contributed by atoms with Crippen LogP contribution >= 0.6 is 11.6 Å². The molecule has 1 N–H and O–H groups in total. The maximum absolute atomic E-state index is 12.6. The molecule has 29 heavy (non-hydrogen) atoms. The molecular formula is C21H17ClN2O5. The Hall–Kier alpha value is -3.58. The Bertz CT molecular complexity index is 1040. The van der Waals surface area contributed by atoms with Crippen molar-refractivity contribution in [3.8, 4) is 17.2 Å². The Morgan fingerprint density at radius 3 is 2.45 bits per heavy atom. The van der Waals surface area contributed by atoms with Crippen LogP contribution in [0.1, 0.15) is 17.3 Å². The lowest BCUT2D eigenvalue weighted by molar-refractivity contribution is -0.384.